The number of rotatable bonds is 7. The largest absolute Gasteiger partial charge is 0.497 e. The summed E-state index contributed by atoms with van der Waals surface area (Å²) in [5.74, 6) is -0.00174. The monoisotopic (exact) mass is 452 g/mol. The summed E-state index contributed by atoms with van der Waals surface area (Å²) in [4.78, 5) is 20.5. The molecule has 7 heteroatoms. The quantitative estimate of drug-likeness (QED) is 0.487. The Hall–Kier alpha value is -3.38. The van der Waals surface area contributed by atoms with Crippen LogP contribution in [0.15, 0.2) is 78.0 Å². The molecule has 0 fully saturated rings. The van der Waals surface area contributed by atoms with Gasteiger partial charge in [-0.05, 0) is 59.7 Å². The van der Waals surface area contributed by atoms with Crippen molar-refractivity contribution in [2.75, 3.05) is 13.7 Å². The molecule has 4 rings (SSSR count). The fourth-order valence-corrected chi connectivity index (χ4v) is 3.78. The molecule has 1 aliphatic rings. The van der Waals surface area contributed by atoms with E-state index >= 15 is 0 Å². The van der Waals surface area contributed by atoms with Crippen LogP contribution in [-0.2, 0) is 11.4 Å². The van der Waals surface area contributed by atoms with Crippen molar-refractivity contribution in [1.29, 1.82) is 0 Å². The number of ether oxygens (including phenoxy) is 1. The van der Waals surface area contributed by atoms with Gasteiger partial charge in [-0.3, -0.25) is 4.79 Å². The third kappa shape index (κ3) is 5.08. The van der Waals surface area contributed by atoms with Crippen LogP contribution in [-0.4, -0.2) is 36.3 Å². The van der Waals surface area contributed by atoms with E-state index in [9.17, 15) is 9.18 Å². The second-order valence-corrected chi connectivity index (χ2v) is 7.89. The van der Waals surface area contributed by atoms with Crippen molar-refractivity contribution < 1.29 is 18.8 Å². The summed E-state index contributed by atoms with van der Waals surface area (Å²) in [5.41, 5.74) is 2.80. The zero-order valence-electron chi connectivity index (χ0n) is 17.5. The maximum atomic E-state index is 13.7. The molecule has 1 aliphatic heterocycles. The smallest absolute Gasteiger partial charge is 0.254 e. The van der Waals surface area contributed by atoms with Gasteiger partial charge in [-0.25, -0.2) is 4.39 Å². The Labute approximate surface area is 191 Å². The van der Waals surface area contributed by atoms with E-state index in [4.69, 9.17) is 21.2 Å². The predicted molar refractivity (Wildman–Crippen MR) is 122 cm³/mol. The molecule has 5 nitrogen and oxygen atoms in total. The third-order valence-electron chi connectivity index (χ3n) is 5.26. The summed E-state index contributed by atoms with van der Waals surface area (Å²) in [6, 6.07) is 20.6. The fraction of sp³-hybridized carbons (Fsp3) is 0.200. The number of carbonyl (C=O) groups excluding carboxylic acids is 1. The van der Waals surface area contributed by atoms with Crippen LogP contribution in [0.2, 0.25) is 5.02 Å². The molecule has 32 heavy (non-hydrogen) atoms. The van der Waals surface area contributed by atoms with Crippen molar-refractivity contribution in [2.45, 2.75) is 19.1 Å². The number of benzene rings is 3. The van der Waals surface area contributed by atoms with Gasteiger partial charge in [0.25, 0.3) is 5.91 Å². The summed E-state index contributed by atoms with van der Waals surface area (Å²) in [6.45, 7) is 0.552. The van der Waals surface area contributed by atoms with E-state index < -0.39 is 5.82 Å². The molecule has 3 aromatic rings. The number of hydrogen-bond acceptors (Lipinski definition) is 4. The van der Waals surface area contributed by atoms with Crippen molar-refractivity contribution in [3.8, 4) is 5.75 Å². The van der Waals surface area contributed by atoms with Crippen LogP contribution in [0.3, 0.4) is 0 Å². The first-order valence-corrected chi connectivity index (χ1v) is 10.6. The van der Waals surface area contributed by atoms with Gasteiger partial charge in [0.2, 0.25) is 0 Å². The van der Waals surface area contributed by atoms with Gasteiger partial charge in [0.15, 0.2) is 6.10 Å². The van der Waals surface area contributed by atoms with E-state index in [1.165, 1.54) is 18.2 Å². The molecular weight excluding hydrogens is 431 g/mol. The molecule has 0 unspecified atom stereocenters. The first-order valence-electron chi connectivity index (χ1n) is 10.2. The second kappa shape index (κ2) is 9.83. The number of amides is 1. The second-order valence-electron chi connectivity index (χ2n) is 7.49. The molecule has 0 radical (unpaired) electrons. The summed E-state index contributed by atoms with van der Waals surface area (Å²) in [6.07, 6.45) is 0.217. The molecule has 0 aromatic heterocycles. The van der Waals surface area contributed by atoms with Gasteiger partial charge < -0.3 is 14.5 Å². The van der Waals surface area contributed by atoms with E-state index in [1.807, 2.05) is 42.5 Å². The van der Waals surface area contributed by atoms with E-state index in [2.05, 4.69) is 5.16 Å². The van der Waals surface area contributed by atoms with E-state index in [0.717, 1.165) is 22.6 Å². The van der Waals surface area contributed by atoms with Gasteiger partial charge in [0.1, 0.15) is 11.6 Å². The minimum absolute atomic E-state index is 0.270. The fourth-order valence-electron chi connectivity index (χ4n) is 3.58. The molecule has 164 valence electrons. The Balaban J connectivity index is 1.51. The Morgan fingerprint density at radius 3 is 2.66 bits per heavy atom. The molecule has 0 saturated carbocycles. The lowest BCUT2D eigenvalue weighted by Crippen LogP contribution is -2.37. The van der Waals surface area contributed by atoms with Crippen molar-refractivity contribution >= 4 is 23.2 Å². The van der Waals surface area contributed by atoms with E-state index in [1.54, 1.807) is 24.1 Å². The van der Waals surface area contributed by atoms with Crippen molar-refractivity contribution in [2.24, 2.45) is 5.16 Å². The van der Waals surface area contributed by atoms with Crippen molar-refractivity contribution in [3.05, 3.63) is 100 Å². The number of hydrogen-bond donors (Lipinski definition) is 0. The average Bonchev–Trinajstić information content (AvgIpc) is 3.28. The molecule has 1 heterocycles. The molecule has 0 spiro atoms. The van der Waals surface area contributed by atoms with Crippen LogP contribution in [0.5, 0.6) is 5.75 Å². The van der Waals surface area contributed by atoms with Crippen molar-refractivity contribution in [3.63, 3.8) is 0 Å². The van der Waals surface area contributed by atoms with Crippen LogP contribution >= 0.6 is 11.6 Å². The first-order chi connectivity index (χ1) is 15.5. The van der Waals surface area contributed by atoms with Gasteiger partial charge in [0.05, 0.1) is 19.4 Å². The summed E-state index contributed by atoms with van der Waals surface area (Å²) in [7, 11) is 1.62. The molecule has 0 N–H and O–H groups in total. The molecule has 0 bridgehead atoms. The zero-order valence-corrected chi connectivity index (χ0v) is 18.3. The predicted octanol–water partition coefficient (Wildman–Crippen LogP) is 5.32. The SMILES string of the molecule is COc1ccc(C2=NO[C@H](CN(Cc3ccccc3Cl)C(=O)c3cccc(F)c3)C2)cc1. The minimum atomic E-state index is -0.462. The maximum absolute atomic E-state index is 13.7. The number of methoxy groups -OCH3 is 1. The highest BCUT2D eigenvalue weighted by atomic mass is 35.5. The summed E-state index contributed by atoms with van der Waals surface area (Å²) < 4.78 is 18.9. The molecule has 0 saturated heterocycles. The van der Waals surface area contributed by atoms with E-state index in [0.29, 0.717) is 11.4 Å². The highest BCUT2D eigenvalue weighted by Gasteiger charge is 2.28. The van der Waals surface area contributed by atoms with Crippen LogP contribution in [0.25, 0.3) is 0 Å². The lowest BCUT2D eigenvalue weighted by Gasteiger charge is -2.25. The molecule has 0 aliphatic carbocycles. The highest BCUT2D eigenvalue weighted by Crippen LogP contribution is 2.23. The van der Waals surface area contributed by atoms with Crippen LogP contribution < -0.4 is 4.74 Å². The minimum Gasteiger partial charge on any atom is -0.497 e. The maximum Gasteiger partial charge on any atom is 0.254 e. The Morgan fingerprint density at radius 1 is 1.16 bits per heavy atom. The number of carbonyl (C=O) groups is 1. The topological polar surface area (TPSA) is 51.1 Å². The zero-order chi connectivity index (χ0) is 22.5. The lowest BCUT2D eigenvalue weighted by atomic mass is 10.0. The summed E-state index contributed by atoms with van der Waals surface area (Å²) in [5, 5.41) is 4.78. The highest BCUT2D eigenvalue weighted by molar-refractivity contribution is 6.31. The molecule has 3 aromatic carbocycles. The van der Waals surface area contributed by atoms with Gasteiger partial charge in [-0.1, -0.05) is 41.0 Å². The Kier molecular flexibility index (Phi) is 6.71. The van der Waals surface area contributed by atoms with E-state index in [-0.39, 0.29) is 30.7 Å². The van der Waals surface area contributed by atoms with Gasteiger partial charge in [-0.15, -0.1) is 0 Å². The lowest BCUT2D eigenvalue weighted by molar-refractivity contribution is 0.0405. The third-order valence-corrected chi connectivity index (χ3v) is 5.63. The molecule has 1 amide bonds. The molecule has 1 atom stereocenters. The Morgan fingerprint density at radius 2 is 1.94 bits per heavy atom. The number of nitrogens with zero attached hydrogens (tertiary/aromatic N) is 2. The van der Waals surface area contributed by atoms with Gasteiger partial charge in [0, 0.05) is 23.6 Å². The van der Waals surface area contributed by atoms with Crippen LogP contribution in [0.1, 0.15) is 27.9 Å². The standard InChI is InChI=1S/C25H22ClFN2O3/c1-31-21-11-9-17(10-12-21)24-14-22(32-28-24)16-29(15-19-5-2-3-8-23(19)26)25(30)18-6-4-7-20(27)13-18/h2-13,22H,14-16H2,1H3/t22-/m0/s1. The van der Waals surface area contributed by atoms with Crippen LogP contribution in [0.4, 0.5) is 4.39 Å². The normalized spacial score (nSPS) is 15.1. The number of oxime groups is 1. The van der Waals surface area contributed by atoms with Gasteiger partial charge in [-0.2, -0.15) is 0 Å². The first kappa shape index (κ1) is 21.8. The summed E-state index contributed by atoms with van der Waals surface area (Å²) >= 11 is 6.33. The van der Waals surface area contributed by atoms with Crippen LogP contribution in [0, 0.1) is 5.82 Å². The average molecular weight is 453 g/mol. The molecular formula is C25H22ClFN2O3. The van der Waals surface area contributed by atoms with Gasteiger partial charge >= 0.3 is 0 Å². The Bertz CT molecular complexity index is 1130. The van der Waals surface area contributed by atoms with Crippen molar-refractivity contribution in [1.82, 2.24) is 4.90 Å². The number of halogens is 2.